The van der Waals surface area contributed by atoms with Gasteiger partial charge in [0.1, 0.15) is 5.78 Å². The molecule has 2 fully saturated rings. The maximum atomic E-state index is 11.3. The van der Waals surface area contributed by atoms with E-state index in [1.807, 2.05) is 0 Å². The van der Waals surface area contributed by atoms with Gasteiger partial charge in [-0.3, -0.25) is 4.79 Å². The van der Waals surface area contributed by atoms with Crippen LogP contribution in [0.25, 0.3) is 0 Å². The summed E-state index contributed by atoms with van der Waals surface area (Å²) < 4.78 is 0. The molecule has 2 rings (SSSR count). The lowest BCUT2D eigenvalue weighted by Crippen LogP contribution is -2.38. The molecule has 1 heterocycles. The molecule has 2 heteroatoms. The molecule has 1 aliphatic heterocycles. The smallest absolute Gasteiger partial charge is 0.136 e. The van der Waals surface area contributed by atoms with E-state index in [9.17, 15) is 4.79 Å². The first-order valence-corrected chi connectivity index (χ1v) is 5.11. The fourth-order valence-electron chi connectivity index (χ4n) is 2.14. The molecule has 12 heavy (non-hydrogen) atoms. The van der Waals surface area contributed by atoms with Crippen LogP contribution in [0.4, 0.5) is 0 Å². The van der Waals surface area contributed by atoms with Gasteiger partial charge in [0.2, 0.25) is 0 Å². The van der Waals surface area contributed by atoms with E-state index < -0.39 is 0 Å². The minimum absolute atomic E-state index is 0.422. The van der Waals surface area contributed by atoms with Crippen LogP contribution in [-0.2, 0) is 4.79 Å². The molecule has 0 radical (unpaired) electrons. The Hall–Kier alpha value is -0.370. The van der Waals surface area contributed by atoms with Crippen molar-refractivity contribution in [2.45, 2.75) is 32.1 Å². The van der Waals surface area contributed by atoms with Crippen molar-refractivity contribution in [3.05, 3.63) is 0 Å². The molecule has 0 aromatic rings. The van der Waals surface area contributed by atoms with Gasteiger partial charge in [0.05, 0.1) is 0 Å². The zero-order valence-corrected chi connectivity index (χ0v) is 7.59. The van der Waals surface area contributed by atoms with E-state index in [1.165, 1.54) is 19.5 Å². The Balaban J connectivity index is 1.68. The van der Waals surface area contributed by atoms with Crippen LogP contribution in [0.3, 0.4) is 0 Å². The summed E-state index contributed by atoms with van der Waals surface area (Å²) in [6.07, 6.45) is 5.64. The minimum Gasteiger partial charge on any atom is -0.303 e. The second-order valence-corrected chi connectivity index (χ2v) is 4.04. The molecule has 1 saturated heterocycles. The van der Waals surface area contributed by atoms with Gasteiger partial charge < -0.3 is 4.90 Å². The molecule has 2 nitrogen and oxygen atoms in total. The Labute approximate surface area is 73.9 Å². The van der Waals surface area contributed by atoms with Gasteiger partial charge in [0, 0.05) is 12.3 Å². The van der Waals surface area contributed by atoms with Crippen LogP contribution in [-0.4, -0.2) is 30.3 Å². The number of Topliss-reactive ketones (excluding diaryl/α,β-unsaturated/α-hetero) is 1. The first-order valence-electron chi connectivity index (χ1n) is 5.11. The van der Waals surface area contributed by atoms with Crippen molar-refractivity contribution in [2.75, 3.05) is 19.6 Å². The van der Waals surface area contributed by atoms with Crippen molar-refractivity contribution in [3.8, 4) is 0 Å². The van der Waals surface area contributed by atoms with Gasteiger partial charge in [-0.15, -0.1) is 0 Å². The molecule has 0 aromatic heterocycles. The van der Waals surface area contributed by atoms with E-state index in [0.717, 1.165) is 32.2 Å². The molecule has 1 saturated carbocycles. The molecule has 68 valence electrons. The van der Waals surface area contributed by atoms with Gasteiger partial charge in [0.25, 0.3) is 0 Å². The second-order valence-electron chi connectivity index (χ2n) is 4.04. The van der Waals surface area contributed by atoms with Gasteiger partial charge in [-0.1, -0.05) is 0 Å². The summed E-state index contributed by atoms with van der Waals surface area (Å²) in [6.45, 7) is 3.69. The van der Waals surface area contributed by atoms with E-state index in [1.54, 1.807) is 0 Å². The molecular weight excluding hydrogens is 150 g/mol. The zero-order valence-electron chi connectivity index (χ0n) is 7.59. The second kappa shape index (κ2) is 3.56. The third-order valence-electron chi connectivity index (χ3n) is 3.17. The normalized spacial score (nSPS) is 30.7. The standard InChI is InChI=1S/C10H17NO/c12-10-4-1-3-9(10)5-8-11-6-2-7-11/h9H,1-8H2. The fourth-order valence-corrected chi connectivity index (χ4v) is 2.14. The van der Waals surface area contributed by atoms with Crippen LogP contribution in [0.1, 0.15) is 32.1 Å². The number of hydrogen-bond donors (Lipinski definition) is 0. The fraction of sp³-hybridized carbons (Fsp3) is 0.900. The first kappa shape index (κ1) is 8.24. The summed E-state index contributed by atoms with van der Waals surface area (Å²) in [5, 5.41) is 0. The number of likely N-dealkylation sites (tertiary alicyclic amines) is 1. The molecule has 0 aromatic carbocycles. The molecule has 0 amide bonds. The summed E-state index contributed by atoms with van der Waals surface area (Å²) in [6, 6.07) is 0. The van der Waals surface area contributed by atoms with Crippen molar-refractivity contribution in [3.63, 3.8) is 0 Å². The van der Waals surface area contributed by atoms with Gasteiger partial charge in [0.15, 0.2) is 0 Å². The van der Waals surface area contributed by atoms with Crippen LogP contribution in [0, 0.1) is 5.92 Å². The molecule has 0 bridgehead atoms. The highest BCUT2D eigenvalue weighted by molar-refractivity contribution is 5.82. The van der Waals surface area contributed by atoms with Gasteiger partial charge >= 0.3 is 0 Å². The summed E-state index contributed by atoms with van der Waals surface area (Å²) >= 11 is 0. The maximum Gasteiger partial charge on any atom is 0.136 e. The van der Waals surface area contributed by atoms with E-state index in [2.05, 4.69) is 4.90 Å². The van der Waals surface area contributed by atoms with Crippen molar-refractivity contribution >= 4 is 5.78 Å². The summed E-state index contributed by atoms with van der Waals surface area (Å²) in [5.74, 6) is 0.945. The first-order chi connectivity index (χ1) is 5.86. The van der Waals surface area contributed by atoms with Crippen molar-refractivity contribution in [2.24, 2.45) is 5.92 Å². The highest BCUT2D eigenvalue weighted by Gasteiger charge is 2.25. The monoisotopic (exact) mass is 167 g/mol. The lowest BCUT2D eigenvalue weighted by Gasteiger charge is -2.31. The van der Waals surface area contributed by atoms with E-state index in [-0.39, 0.29) is 0 Å². The zero-order chi connectivity index (χ0) is 8.39. The Morgan fingerprint density at radius 3 is 2.67 bits per heavy atom. The number of rotatable bonds is 3. The van der Waals surface area contributed by atoms with Gasteiger partial charge in [-0.2, -0.15) is 0 Å². The number of ketones is 1. The molecule has 1 aliphatic carbocycles. The lowest BCUT2D eigenvalue weighted by atomic mass is 10.0. The maximum absolute atomic E-state index is 11.3. The van der Waals surface area contributed by atoms with E-state index in [4.69, 9.17) is 0 Å². The third-order valence-corrected chi connectivity index (χ3v) is 3.17. The summed E-state index contributed by atoms with van der Waals surface area (Å²) in [7, 11) is 0. The van der Waals surface area contributed by atoms with E-state index >= 15 is 0 Å². The number of carbonyl (C=O) groups excluding carboxylic acids is 1. The lowest BCUT2D eigenvalue weighted by molar-refractivity contribution is -0.120. The highest BCUT2D eigenvalue weighted by atomic mass is 16.1. The quantitative estimate of drug-likeness (QED) is 0.634. The SMILES string of the molecule is O=C1CCCC1CCN1CCC1. The Kier molecular flexibility index (Phi) is 2.45. The number of carbonyl (C=O) groups is 1. The van der Waals surface area contributed by atoms with Crippen molar-refractivity contribution in [1.82, 2.24) is 4.90 Å². The average Bonchev–Trinajstić information content (AvgIpc) is 2.33. The molecular formula is C10H17NO. The third kappa shape index (κ3) is 1.69. The minimum atomic E-state index is 0.422. The largest absolute Gasteiger partial charge is 0.303 e. The Bertz CT molecular complexity index is 175. The van der Waals surface area contributed by atoms with Gasteiger partial charge in [-0.25, -0.2) is 0 Å². The molecule has 1 atom stereocenters. The Morgan fingerprint density at radius 2 is 2.17 bits per heavy atom. The van der Waals surface area contributed by atoms with E-state index in [0.29, 0.717) is 11.7 Å². The van der Waals surface area contributed by atoms with Crippen LogP contribution >= 0.6 is 0 Å². The van der Waals surface area contributed by atoms with Crippen LogP contribution in [0.2, 0.25) is 0 Å². The Morgan fingerprint density at radius 1 is 1.33 bits per heavy atom. The molecule has 1 unspecified atom stereocenters. The molecule has 0 N–H and O–H groups in total. The molecule has 2 aliphatic rings. The number of hydrogen-bond acceptors (Lipinski definition) is 2. The highest BCUT2D eigenvalue weighted by Crippen LogP contribution is 2.24. The van der Waals surface area contributed by atoms with Gasteiger partial charge in [-0.05, 0) is 45.3 Å². The summed E-state index contributed by atoms with van der Waals surface area (Å²) in [4.78, 5) is 13.7. The molecule has 0 spiro atoms. The summed E-state index contributed by atoms with van der Waals surface area (Å²) in [5.41, 5.74) is 0. The predicted molar refractivity (Wildman–Crippen MR) is 48.0 cm³/mol. The predicted octanol–water partition coefficient (Wildman–Crippen LogP) is 1.45. The van der Waals surface area contributed by atoms with Crippen molar-refractivity contribution < 1.29 is 4.79 Å². The van der Waals surface area contributed by atoms with Crippen molar-refractivity contribution in [1.29, 1.82) is 0 Å². The van der Waals surface area contributed by atoms with Crippen LogP contribution in [0.5, 0.6) is 0 Å². The number of nitrogens with zero attached hydrogens (tertiary/aromatic N) is 1. The van der Waals surface area contributed by atoms with Crippen LogP contribution < -0.4 is 0 Å². The average molecular weight is 167 g/mol. The van der Waals surface area contributed by atoms with Crippen LogP contribution in [0.15, 0.2) is 0 Å². The topological polar surface area (TPSA) is 20.3 Å².